The molecule has 0 amide bonds. The Kier molecular flexibility index (Phi) is 10.5. The Balaban J connectivity index is 1.48. The van der Waals surface area contributed by atoms with Crippen LogP contribution in [0.3, 0.4) is 0 Å². The normalized spacial score (nSPS) is 13.1. The van der Waals surface area contributed by atoms with E-state index < -0.39 is 11.7 Å². The molecule has 2 heterocycles. The van der Waals surface area contributed by atoms with Gasteiger partial charge in [-0.2, -0.15) is 13.2 Å². The lowest BCUT2D eigenvalue weighted by atomic mass is 9.85. The number of fused-ring (bicyclic) bond motifs is 6. The van der Waals surface area contributed by atoms with Crippen LogP contribution in [0.25, 0.3) is 82.1 Å². The SMILES string of the molecule is [C-]#[N+]c1cccc(-n2c3ccc(C(C)(C)C)cc3c3cc(C(C)(C)C)ccc32)c1-c1c(-c2cc(C)cc(C(F)(F)F)c2)cccc1-n1c2ccc(C(C)(C)C)cc2c2cc(C(C)(C)C)ccc21. The van der Waals surface area contributed by atoms with Crippen molar-refractivity contribution in [2.75, 3.05) is 0 Å². The van der Waals surface area contributed by atoms with E-state index in [4.69, 9.17) is 6.57 Å². The number of alkyl halides is 3. The van der Waals surface area contributed by atoms with Gasteiger partial charge in [0.25, 0.3) is 0 Å². The summed E-state index contributed by atoms with van der Waals surface area (Å²) in [5, 5.41) is 4.37. The highest BCUT2D eigenvalue weighted by atomic mass is 19.4. The van der Waals surface area contributed by atoms with Gasteiger partial charge in [0.15, 0.2) is 5.69 Å². The molecule has 0 fully saturated rings. The molecule has 0 saturated carbocycles. The topological polar surface area (TPSA) is 14.2 Å². The Hall–Kier alpha value is -6.58. The van der Waals surface area contributed by atoms with Crippen molar-refractivity contribution in [1.82, 2.24) is 9.13 Å². The standard InChI is InChI=1S/C61H60F3N3/c1-36-29-37(31-42(30-36)61(62,63)64)43-17-15-19-53(66-49-25-21-38(57(2,3)4)32-44(49)45-33-39(58(5,6)7)22-26-50(45)66)55(43)56-48(65-14)18-16-20-54(56)67-51-27-23-40(59(8,9)10)34-46(51)47-35-41(60(11,12)13)24-28-52(47)67/h15-35H,1-13H3. The van der Waals surface area contributed by atoms with E-state index >= 15 is 0 Å². The third kappa shape index (κ3) is 7.91. The summed E-state index contributed by atoms with van der Waals surface area (Å²) in [7, 11) is 0. The van der Waals surface area contributed by atoms with Gasteiger partial charge in [0, 0.05) is 38.4 Å². The molecule has 0 saturated heterocycles. The molecule has 0 aliphatic heterocycles. The first kappa shape index (κ1) is 45.6. The van der Waals surface area contributed by atoms with Crippen molar-refractivity contribution in [3.8, 4) is 33.6 Å². The lowest BCUT2D eigenvalue weighted by Gasteiger charge is -2.24. The second kappa shape index (κ2) is 15.5. The summed E-state index contributed by atoms with van der Waals surface area (Å²) in [5.74, 6) is 0. The second-order valence-electron chi connectivity index (χ2n) is 22.7. The Morgan fingerprint density at radius 1 is 0.418 bits per heavy atom. The van der Waals surface area contributed by atoms with Crippen molar-refractivity contribution in [3.63, 3.8) is 0 Å². The summed E-state index contributed by atoms with van der Waals surface area (Å²) in [6, 6.07) is 42.8. The van der Waals surface area contributed by atoms with E-state index in [9.17, 15) is 13.2 Å². The molecule has 3 nitrogen and oxygen atoms in total. The van der Waals surface area contributed by atoms with Crippen LogP contribution < -0.4 is 0 Å². The number of aromatic nitrogens is 2. The number of hydrogen-bond donors (Lipinski definition) is 0. The number of benzene rings is 7. The van der Waals surface area contributed by atoms with Crippen molar-refractivity contribution < 1.29 is 13.2 Å². The van der Waals surface area contributed by atoms with Gasteiger partial charge in [0.2, 0.25) is 0 Å². The van der Waals surface area contributed by atoms with Gasteiger partial charge in [-0.25, -0.2) is 4.85 Å². The molecule has 0 bridgehead atoms. The van der Waals surface area contributed by atoms with E-state index in [1.807, 2.05) is 30.3 Å². The summed E-state index contributed by atoms with van der Waals surface area (Å²) >= 11 is 0. The van der Waals surface area contributed by atoms with Gasteiger partial charge in [0.05, 0.1) is 39.9 Å². The summed E-state index contributed by atoms with van der Waals surface area (Å²) < 4.78 is 48.9. The fourth-order valence-electron chi connectivity index (χ4n) is 9.83. The summed E-state index contributed by atoms with van der Waals surface area (Å²) in [4.78, 5) is 4.25. The minimum atomic E-state index is -4.57. The first-order chi connectivity index (χ1) is 31.3. The average molecular weight is 892 g/mol. The molecule has 0 atom stereocenters. The van der Waals surface area contributed by atoms with Gasteiger partial charge in [-0.3, -0.25) is 0 Å². The largest absolute Gasteiger partial charge is 0.416 e. The second-order valence-corrected chi connectivity index (χ2v) is 22.7. The molecule has 2 aromatic heterocycles. The molecule has 340 valence electrons. The lowest BCUT2D eigenvalue weighted by Crippen LogP contribution is -2.10. The van der Waals surface area contributed by atoms with Gasteiger partial charge in [-0.05, 0) is 140 Å². The lowest BCUT2D eigenvalue weighted by molar-refractivity contribution is -0.137. The van der Waals surface area contributed by atoms with Crippen LogP contribution in [-0.4, -0.2) is 9.13 Å². The van der Waals surface area contributed by atoms with Gasteiger partial charge in [-0.15, -0.1) is 0 Å². The summed E-state index contributed by atoms with van der Waals surface area (Å²) in [6.45, 7) is 37.2. The molecule has 0 aliphatic carbocycles. The Labute approximate surface area is 393 Å². The summed E-state index contributed by atoms with van der Waals surface area (Å²) in [6.07, 6.45) is -4.57. The molecule has 0 spiro atoms. The molecular formula is C61H60F3N3. The van der Waals surface area contributed by atoms with Crippen molar-refractivity contribution in [2.24, 2.45) is 0 Å². The van der Waals surface area contributed by atoms with Gasteiger partial charge in [0.1, 0.15) is 0 Å². The molecule has 0 aliphatic rings. The predicted octanol–water partition coefficient (Wildman–Crippen LogP) is 18.3. The van der Waals surface area contributed by atoms with Crippen molar-refractivity contribution in [1.29, 1.82) is 0 Å². The van der Waals surface area contributed by atoms with Crippen LogP contribution in [0.1, 0.15) is 116 Å². The highest BCUT2D eigenvalue weighted by Crippen LogP contribution is 2.50. The first-order valence-corrected chi connectivity index (χ1v) is 23.3. The van der Waals surface area contributed by atoms with Crippen LogP contribution in [0.15, 0.2) is 127 Å². The van der Waals surface area contributed by atoms with E-state index in [1.165, 1.54) is 34.4 Å². The maximum absolute atomic E-state index is 14.8. The summed E-state index contributed by atoms with van der Waals surface area (Å²) in [5.41, 5.74) is 12.3. The molecule has 6 heteroatoms. The van der Waals surface area contributed by atoms with Crippen molar-refractivity contribution in [2.45, 2.75) is 118 Å². The van der Waals surface area contributed by atoms with Gasteiger partial charge < -0.3 is 9.13 Å². The van der Waals surface area contributed by atoms with E-state index in [2.05, 4.69) is 182 Å². The van der Waals surface area contributed by atoms with Crippen LogP contribution in [0.5, 0.6) is 0 Å². The quantitative estimate of drug-likeness (QED) is 0.156. The zero-order valence-corrected chi connectivity index (χ0v) is 41.1. The third-order valence-electron chi connectivity index (χ3n) is 13.6. The smallest absolute Gasteiger partial charge is 0.310 e. The van der Waals surface area contributed by atoms with Gasteiger partial charge in [-0.1, -0.05) is 138 Å². The van der Waals surface area contributed by atoms with Crippen LogP contribution in [0.4, 0.5) is 18.9 Å². The number of aryl methyl sites for hydroxylation is 1. The number of hydrogen-bond acceptors (Lipinski definition) is 0. The van der Waals surface area contributed by atoms with E-state index in [0.29, 0.717) is 33.5 Å². The molecule has 7 aromatic carbocycles. The monoisotopic (exact) mass is 891 g/mol. The molecule has 0 radical (unpaired) electrons. The molecule has 9 aromatic rings. The maximum Gasteiger partial charge on any atom is 0.416 e. The Bertz CT molecular complexity index is 3360. The van der Waals surface area contributed by atoms with Crippen LogP contribution in [-0.2, 0) is 27.8 Å². The van der Waals surface area contributed by atoms with E-state index in [0.717, 1.165) is 55.0 Å². The van der Waals surface area contributed by atoms with E-state index in [1.54, 1.807) is 6.92 Å². The highest BCUT2D eigenvalue weighted by molar-refractivity contribution is 6.13. The molecule has 0 unspecified atom stereocenters. The zero-order chi connectivity index (χ0) is 48.3. The van der Waals surface area contributed by atoms with Crippen molar-refractivity contribution >= 4 is 49.3 Å². The fourth-order valence-corrected chi connectivity index (χ4v) is 9.83. The minimum Gasteiger partial charge on any atom is -0.310 e. The van der Waals surface area contributed by atoms with Crippen LogP contribution in [0, 0.1) is 13.5 Å². The molecular weight excluding hydrogens is 832 g/mol. The molecule has 67 heavy (non-hydrogen) atoms. The number of nitrogens with zero attached hydrogens (tertiary/aromatic N) is 3. The number of rotatable bonds is 4. The van der Waals surface area contributed by atoms with Crippen molar-refractivity contribution in [3.05, 3.63) is 172 Å². The average Bonchev–Trinajstić information content (AvgIpc) is 3.75. The third-order valence-corrected chi connectivity index (χ3v) is 13.6. The van der Waals surface area contributed by atoms with Crippen LogP contribution >= 0.6 is 0 Å². The minimum absolute atomic E-state index is 0.111. The molecule has 0 N–H and O–H groups in total. The highest BCUT2D eigenvalue weighted by Gasteiger charge is 2.33. The zero-order valence-electron chi connectivity index (χ0n) is 41.1. The fraction of sp³-hybridized carbons (Fsp3) is 0.295. The first-order valence-electron chi connectivity index (χ1n) is 23.3. The number of halogens is 3. The van der Waals surface area contributed by atoms with Crippen LogP contribution in [0.2, 0.25) is 0 Å². The predicted molar refractivity (Wildman–Crippen MR) is 277 cm³/mol. The van der Waals surface area contributed by atoms with E-state index in [-0.39, 0.29) is 21.7 Å². The molecule has 9 rings (SSSR count). The Morgan fingerprint density at radius 3 is 1.15 bits per heavy atom. The maximum atomic E-state index is 14.8. The Morgan fingerprint density at radius 2 is 0.791 bits per heavy atom. The van der Waals surface area contributed by atoms with Gasteiger partial charge >= 0.3 is 6.18 Å².